The molecule has 0 fully saturated rings. The molecule has 3 N–H and O–H groups in total. The number of nitrogens with zero attached hydrogens (tertiary/aromatic N) is 2. The van der Waals surface area contributed by atoms with Gasteiger partial charge in [-0.3, -0.25) is 4.79 Å². The van der Waals surface area contributed by atoms with Crippen molar-refractivity contribution in [1.82, 2.24) is 5.32 Å². The van der Waals surface area contributed by atoms with Gasteiger partial charge in [0, 0.05) is 23.0 Å². The van der Waals surface area contributed by atoms with E-state index in [-0.39, 0.29) is 19.4 Å². The summed E-state index contributed by atoms with van der Waals surface area (Å²) in [5, 5.41) is 8.67. The molecule has 1 aromatic carbocycles. The van der Waals surface area contributed by atoms with Gasteiger partial charge in [0.15, 0.2) is 0 Å². The van der Waals surface area contributed by atoms with E-state index in [2.05, 4.69) is 31.5 Å². The molecular formula is C14H16BrF3N4O2. The Kier molecular flexibility index (Phi) is 5.49. The second kappa shape index (κ2) is 7.06. The van der Waals surface area contributed by atoms with Crippen molar-refractivity contribution in [3.05, 3.63) is 28.2 Å². The summed E-state index contributed by atoms with van der Waals surface area (Å²) in [6.07, 6.45) is -4.70. The van der Waals surface area contributed by atoms with Gasteiger partial charge < -0.3 is 15.8 Å². The molecule has 1 aliphatic heterocycles. The first kappa shape index (κ1) is 18.7. The monoisotopic (exact) mass is 408 g/mol. The number of nitrogens with one attached hydrogen (secondary N) is 1. The Labute approximate surface area is 144 Å². The van der Waals surface area contributed by atoms with Crippen molar-refractivity contribution < 1.29 is 22.7 Å². The number of halogens is 4. The topological polar surface area (TPSA) is 89.1 Å². The van der Waals surface area contributed by atoms with Crippen molar-refractivity contribution in [1.29, 1.82) is 0 Å². The Hall–Kier alpha value is -1.68. The maximum atomic E-state index is 12.6. The van der Waals surface area contributed by atoms with Crippen LogP contribution >= 0.6 is 15.9 Å². The summed E-state index contributed by atoms with van der Waals surface area (Å²) in [5.41, 5.74) is 4.09. The number of alkyl halides is 3. The van der Waals surface area contributed by atoms with E-state index in [0.717, 1.165) is 4.47 Å². The van der Waals surface area contributed by atoms with Crippen LogP contribution in [0.2, 0.25) is 0 Å². The molecule has 0 bridgehead atoms. The molecule has 6 nitrogen and oxygen atoms in total. The Bertz CT molecular complexity index is 645. The molecule has 1 aromatic rings. The molecule has 0 saturated carbocycles. The Balaban J connectivity index is 1.85. The minimum absolute atomic E-state index is 0.0498. The van der Waals surface area contributed by atoms with Crippen LogP contribution in [0, 0.1) is 0 Å². The van der Waals surface area contributed by atoms with Crippen molar-refractivity contribution in [2.45, 2.75) is 30.7 Å². The predicted octanol–water partition coefficient (Wildman–Crippen LogP) is 3.08. The van der Waals surface area contributed by atoms with Crippen LogP contribution in [-0.2, 0) is 4.79 Å². The summed E-state index contributed by atoms with van der Waals surface area (Å²) in [6, 6.07) is 4.05. The highest BCUT2D eigenvalue weighted by atomic mass is 79.9. The third kappa shape index (κ3) is 4.04. The fourth-order valence-electron chi connectivity index (χ4n) is 2.16. The highest BCUT2D eigenvalue weighted by Crippen LogP contribution is 2.47. The number of hydrogen-bond donors (Lipinski definition) is 2. The van der Waals surface area contributed by atoms with Crippen molar-refractivity contribution >= 4 is 21.8 Å². The van der Waals surface area contributed by atoms with Crippen LogP contribution in [0.25, 0.3) is 0 Å². The van der Waals surface area contributed by atoms with E-state index in [1.165, 1.54) is 7.11 Å². The minimum Gasteiger partial charge on any atom is -0.496 e. The average Bonchev–Trinajstić information content (AvgIpc) is 3.31. The summed E-state index contributed by atoms with van der Waals surface area (Å²) in [7, 11) is 1.45. The van der Waals surface area contributed by atoms with Gasteiger partial charge in [-0.25, -0.2) is 0 Å². The molecule has 1 unspecified atom stereocenters. The maximum absolute atomic E-state index is 12.6. The maximum Gasteiger partial charge on any atom is 0.437 e. The predicted molar refractivity (Wildman–Crippen MR) is 83.5 cm³/mol. The van der Waals surface area contributed by atoms with E-state index in [9.17, 15) is 18.0 Å². The highest BCUT2D eigenvalue weighted by molar-refractivity contribution is 9.10. The fourth-order valence-corrected chi connectivity index (χ4v) is 2.50. The second-order valence-electron chi connectivity index (χ2n) is 5.27. The van der Waals surface area contributed by atoms with Crippen molar-refractivity contribution in [3.8, 4) is 5.75 Å². The number of hydrogen-bond acceptors (Lipinski definition) is 5. The standard InChI is InChI=1S/C14H16BrF3N4O2/c1-24-10-7-8(15)3-4-9(10)11(19)12(23)20-6-2-5-13(21-22-13)14(16,17)18/h3-4,7,11H,2,5-6,19H2,1H3,(H,20,23). The van der Waals surface area contributed by atoms with Gasteiger partial charge >= 0.3 is 6.18 Å². The number of methoxy groups -OCH3 is 1. The van der Waals surface area contributed by atoms with Crippen LogP contribution in [0.15, 0.2) is 32.9 Å². The van der Waals surface area contributed by atoms with E-state index >= 15 is 0 Å². The van der Waals surface area contributed by atoms with E-state index in [0.29, 0.717) is 11.3 Å². The zero-order chi connectivity index (χ0) is 18.0. The smallest absolute Gasteiger partial charge is 0.437 e. The van der Waals surface area contributed by atoms with Crippen LogP contribution in [-0.4, -0.2) is 31.4 Å². The van der Waals surface area contributed by atoms with Crippen LogP contribution in [0.5, 0.6) is 5.75 Å². The lowest BCUT2D eigenvalue weighted by molar-refractivity contribution is -0.165. The lowest BCUT2D eigenvalue weighted by Gasteiger charge is -2.17. The number of amides is 1. The number of carbonyl (C=O) groups is 1. The number of rotatable bonds is 7. The van der Waals surface area contributed by atoms with Gasteiger partial charge in [0.2, 0.25) is 5.91 Å². The van der Waals surface area contributed by atoms with Crippen LogP contribution in [0.4, 0.5) is 13.2 Å². The summed E-state index contributed by atoms with van der Waals surface area (Å²) < 4.78 is 43.8. The summed E-state index contributed by atoms with van der Waals surface area (Å²) in [6.45, 7) is 0.0498. The zero-order valence-electron chi connectivity index (χ0n) is 12.7. The van der Waals surface area contributed by atoms with Crippen LogP contribution < -0.4 is 15.8 Å². The van der Waals surface area contributed by atoms with Gasteiger partial charge in [-0.2, -0.15) is 13.2 Å². The van der Waals surface area contributed by atoms with Gasteiger partial charge in [-0.1, -0.05) is 22.0 Å². The SMILES string of the molecule is COc1cc(Br)ccc1C(N)C(=O)NCCCC1(C(F)(F)F)N=N1. The fraction of sp³-hybridized carbons (Fsp3) is 0.500. The van der Waals surface area contributed by atoms with Gasteiger partial charge in [-0.05, 0) is 18.6 Å². The molecule has 0 saturated heterocycles. The quantitative estimate of drug-likeness (QED) is 0.679. The summed E-state index contributed by atoms with van der Waals surface area (Å²) >= 11 is 3.28. The second-order valence-corrected chi connectivity index (χ2v) is 6.19. The third-order valence-electron chi connectivity index (χ3n) is 3.61. The molecule has 0 spiro atoms. The van der Waals surface area contributed by atoms with Crippen molar-refractivity contribution in [3.63, 3.8) is 0 Å². The van der Waals surface area contributed by atoms with Gasteiger partial charge in [0.25, 0.3) is 5.66 Å². The Morgan fingerprint density at radius 2 is 2.12 bits per heavy atom. The first-order chi connectivity index (χ1) is 11.2. The average molecular weight is 409 g/mol. The number of carbonyl (C=O) groups excluding carboxylic acids is 1. The lowest BCUT2D eigenvalue weighted by Crippen LogP contribution is -2.37. The van der Waals surface area contributed by atoms with Gasteiger partial charge in [0.1, 0.15) is 11.8 Å². The first-order valence-electron chi connectivity index (χ1n) is 7.08. The van der Waals surface area contributed by atoms with Crippen molar-refractivity contribution in [2.75, 3.05) is 13.7 Å². The highest BCUT2D eigenvalue weighted by Gasteiger charge is 2.63. The lowest BCUT2D eigenvalue weighted by atomic mass is 10.1. The Morgan fingerprint density at radius 3 is 2.67 bits per heavy atom. The normalized spacial score (nSPS) is 16.6. The molecule has 24 heavy (non-hydrogen) atoms. The molecular weight excluding hydrogens is 393 g/mol. The molecule has 132 valence electrons. The van der Waals surface area contributed by atoms with Crippen molar-refractivity contribution in [2.24, 2.45) is 16.0 Å². The zero-order valence-corrected chi connectivity index (χ0v) is 14.3. The number of benzene rings is 1. The van der Waals surface area contributed by atoms with Crippen LogP contribution in [0.3, 0.4) is 0 Å². The van der Waals surface area contributed by atoms with E-state index in [1.807, 2.05) is 0 Å². The summed E-state index contributed by atoms with van der Waals surface area (Å²) in [4.78, 5) is 12.1. The molecule has 2 rings (SSSR count). The number of nitrogens with two attached hydrogens (primary N) is 1. The minimum atomic E-state index is -4.49. The molecule has 1 amide bonds. The molecule has 1 atom stereocenters. The van der Waals surface area contributed by atoms with Gasteiger partial charge in [0.05, 0.1) is 7.11 Å². The summed E-state index contributed by atoms with van der Waals surface area (Å²) in [5.74, 6) is -0.0556. The van der Waals surface area contributed by atoms with E-state index in [4.69, 9.17) is 10.5 Å². The Morgan fingerprint density at radius 1 is 1.46 bits per heavy atom. The largest absolute Gasteiger partial charge is 0.496 e. The molecule has 0 aliphatic carbocycles. The van der Waals surface area contributed by atoms with Gasteiger partial charge in [-0.15, -0.1) is 10.2 Å². The molecule has 1 aliphatic rings. The molecule has 1 heterocycles. The molecule has 0 aromatic heterocycles. The number of ether oxygens (including phenoxy) is 1. The molecule has 0 radical (unpaired) electrons. The van der Waals surface area contributed by atoms with E-state index in [1.54, 1.807) is 18.2 Å². The first-order valence-corrected chi connectivity index (χ1v) is 7.87. The van der Waals surface area contributed by atoms with Crippen LogP contribution in [0.1, 0.15) is 24.4 Å². The van der Waals surface area contributed by atoms with E-state index < -0.39 is 23.8 Å². The molecule has 10 heteroatoms. The third-order valence-corrected chi connectivity index (χ3v) is 4.10.